The van der Waals surface area contributed by atoms with E-state index in [1.165, 1.54) is 0 Å². The van der Waals surface area contributed by atoms with Gasteiger partial charge in [-0.15, -0.1) is 0 Å². The molecule has 6 nitrogen and oxygen atoms in total. The second kappa shape index (κ2) is 9.84. The summed E-state index contributed by atoms with van der Waals surface area (Å²) in [6.45, 7) is 5.25. The molecule has 2 amide bonds. The SMILES string of the molecule is CC(C)CNC(=O)NC1CCCOc2c1nn(-c1ccccc1Cl)c2-c1ccc(Cl)cc1. The maximum Gasteiger partial charge on any atom is 0.315 e. The summed E-state index contributed by atoms with van der Waals surface area (Å²) < 4.78 is 7.98. The number of aromatic nitrogens is 2. The van der Waals surface area contributed by atoms with Crippen molar-refractivity contribution in [2.75, 3.05) is 13.2 Å². The van der Waals surface area contributed by atoms with Crippen LogP contribution in [0.5, 0.6) is 5.75 Å². The number of carbonyl (C=O) groups is 1. The van der Waals surface area contributed by atoms with E-state index in [2.05, 4.69) is 24.5 Å². The summed E-state index contributed by atoms with van der Waals surface area (Å²) in [4.78, 5) is 12.5. The number of halogens is 2. The largest absolute Gasteiger partial charge is 0.489 e. The molecule has 1 aliphatic heterocycles. The molecule has 0 saturated heterocycles. The van der Waals surface area contributed by atoms with Gasteiger partial charge < -0.3 is 15.4 Å². The van der Waals surface area contributed by atoms with E-state index in [-0.39, 0.29) is 12.1 Å². The first-order chi connectivity index (χ1) is 15.4. The number of hydrogen-bond donors (Lipinski definition) is 2. The van der Waals surface area contributed by atoms with E-state index < -0.39 is 0 Å². The summed E-state index contributed by atoms with van der Waals surface area (Å²) in [5.41, 5.74) is 3.10. The molecule has 32 heavy (non-hydrogen) atoms. The third-order valence-electron chi connectivity index (χ3n) is 5.26. The minimum Gasteiger partial charge on any atom is -0.489 e. The Labute approximate surface area is 197 Å². The third kappa shape index (κ3) is 4.87. The molecule has 4 rings (SSSR count). The number of nitrogens with one attached hydrogen (secondary N) is 2. The van der Waals surface area contributed by atoms with Gasteiger partial charge >= 0.3 is 6.03 Å². The summed E-state index contributed by atoms with van der Waals surface area (Å²) >= 11 is 12.7. The van der Waals surface area contributed by atoms with E-state index in [0.717, 1.165) is 29.8 Å². The quantitative estimate of drug-likeness (QED) is 0.477. The molecule has 0 saturated carbocycles. The molecule has 2 N–H and O–H groups in total. The molecule has 0 aliphatic carbocycles. The van der Waals surface area contributed by atoms with Gasteiger partial charge in [-0.3, -0.25) is 0 Å². The number of rotatable bonds is 5. The first kappa shape index (κ1) is 22.5. The minimum atomic E-state index is -0.283. The summed E-state index contributed by atoms with van der Waals surface area (Å²) in [6, 6.07) is 14.6. The second-order valence-electron chi connectivity index (χ2n) is 8.22. The Morgan fingerprint density at radius 1 is 1.19 bits per heavy atom. The normalized spacial score (nSPS) is 15.6. The maximum absolute atomic E-state index is 12.5. The number of urea groups is 1. The fraction of sp³-hybridized carbons (Fsp3) is 0.333. The molecule has 1 aromatic heterocycles. The zero-order valence-corrected chi connectivity index (χ0v) is 19.6. The summed E-state index contributed by atoms with van der Waals surface area (Å²) in [7, 11) is 0. The monoisotopic (exact) mass is 472 g/mol. The number of nitrogens with zero attached hydrogens (tertiary/aromatic N) is 2. The lowest BCUT2D eigenvalue weighted by atomic mass is 10.1. The number of ether oxygens (including phenoxy) is 1. The van der Waals surface area contributed by atoms with Gasteiger partial charge in [0.25, 0.3) is 0 Å². The van der Waals surface area contributed by atoms with Crippen LogP contribution in [0, 0.1) is 5.92 Å². The van der Waals surface area contributed by atoms with Crippen molar-refractivity contribution >= 4 is 29.2 Å². The molecule has 0 radical (unpaired) electrons. The van der Waals surface area contributed by atoms with Crippen LogP contribution in [-0.4, -0.2) is 29.0 Å². The lowest BCUT2D eigenvalue weighted by Crippen LogP contribution is -2.39. The van der Waals surface area contributed by atoms with Gasteiger partial charge in [0, 0.05) is 17.1 Å². The number of hydrogen-bond acceptors (Lipinski definition) is 3. The van der Waals surface area contributed by atoms with Crippen molar-refractivity contribution in [1.29, 1.82) is 0 Å². The number of fused-ring (bicyclic) bond motifs is 1. The van der Waals surface area contributed by atoms with E-state index in [0.29, 0.717) is 40.6 Å². The Morgan fingerprint density at radius 3 is 2.66 bits per heavy atom. The average Bonchev–Trinajstić information content (AvgIpc) is 3.03. The summed E-state index contributed by atoms with van der Waals surface area (Å²) in [5, 5.41) is 12.1. The van der Waals surface area contributed by atoms with Crippen molar-refractivity contribution < 1.29 is 9.53 Å². The van der Waals surface area contributed by atoms with Crippen molar-refractivity contribution in [3.05, 3.63) is 64.3 Å². The molecular formula is C24H26Cl2N4O2. The molecule has 1 atom stereocenters. The van der Waals surface area contributed by atoms with Crippen LogP contribution in [0.25, 0.3) is 16.9 Å². The molecule has 1 aliphatic rings. The number of carbonyl (C=O) groups excluding carboxylic acids is 1. The average molecular weight is 473 g/mol. The molecule has 168 valence electrons. The smallest absolute Gasteiger partial charge is 0.315 e. The first-order valence-corrected chi connectivity index (χ1v) is 11.5. The molecular weight excluding hydrogens is 447 g/mol. The highest BCUT2D eigenvalue weighted by Crippen LogP contribution is 2.42. The Kier molecular flexibility index (Phi) is 6.92. The second-order valence-corrected chi connectivity index (χ2v) is 9.07. The van der Waals surface area contributed by atoms with E-state index >= 15 is 0 Å². The fourth-order valence-corrected chi connectivity index (χ4v) is 4.04. The molecule has 2 aromatic carbocycles. The van der Waals surface area contributed by atoms with Gasteiger partial charge in [-0.05, 0) is 43.0 Å². The van der Waals surface area contributed by atoms with Crippen LogP contribution in [0.3, 0.4) is 0 Å². The van der Waals surface area contributed by atoms with Crippen molar-refractivity contribution in [3.63, 3.8) is 0 Å². The zero-order valence-electron chi connectivity index (χ0n) is 18.1. The lowest BCUT2D eigenvalue weighted by Gasteiger charge is -2.16. The van der Waals surface area contributed by atoms with Gasteiger partial charge in [-0.2, -0.15) is 5.10 Å². The Hall–Kier alpha value is -2.70. The van der Waals surface area contributed by atoms with Crippen LogP contribution in [-0.2, 0) is 0 Å². The standard InChI is InChI=1S/C24H26Cl2N4O2/c1-15(2)14-27-24(31)28-19-7-5-13-32-23-21(19)29-30(20-8-4-3-6-18(20)26)22(23)16-9-11-17(25)12-10-16/h3-4,6,8-12,15,19H,5,7,13-14H2,1-2H3,(H2,27,28,31). The molecule has 0 bridgehead atoms. The van der Waals surface area contributed by atoms with Crippen molar-refractivity contribution in [2.24, 2.45) is 5.92 Å². The highest BCUT2D eigenvalue weighted by Gasteiger charge is 2.31. The Morgan fingerprint density at radius 2 is 1.94 bits per heavy atom. The van der Waals surface area contributed by atoms with Crippen LogP contribution in [0.1, 0.15) is 38.4 Å². The molecule has 3 aromatic rings. The Bertz CT molecular complexity index is 1100. The maximum atomic E-state index is 12.5. The summed E-state index contributed by atoms with van der Waals surface area (Å²) in [6.07, 6.45) is 1.53. The van der Waals surface area contributed by atoms with Gasteiger partial charge in [-0.25, -0.2) is 9.48 Å². The van der Waals surface area contributed by atoms with Crippen LogP contribution >= 0.6 is 23.2 Å². The fourth-order valence-electron chi connectivity index (χ4n) is 3.69. The van der Waals surface area contributed by atoms with Crippen molar-refractivity contribution in [3.8, 4) is 22.7 Å². The predicted octanol–water partition coefficient (Wildman–Crippen LogP) is 6.02. The van der Waals surface area contributed by atoms with E-state index in [1.807, 2.05) is 48.5 Å². The van der Waals surface area contributed by atoms with Gasteiger partial charge in [0.2, 0.25) is 0 Å². The van der Waals surface area contributed by atoms with Gasteiger partial charge in [0.05, 0.1) is 23.4 Å². The van der Waals surface area contributed by atoms with Crippen LogP contribution < -0.4 is 15.4 Å². The third-order valence-corrected chi connectivity index (χ3v) is 5.83. The number of benzene rings is 2. The lowest BCUT2D eigenvalue weighted by molar-refractivity contribution is 0.234. The number of amides is 2. The predicted molar refractivity (Wildman–Crippen MR) is 128 cm³/mol. The molecule has 2 heterocycles. The zero-order chi connectivity index (χ0) is 22.7. The van der Waals surface area contributed by atoms with Gasteiger partial charge in [0.15, 0.2) is 5.75 Å². The van der Waals surface area contributed by atoms with Crippen LogP contribution in [0.4, 0.5) is 4.79 Å². The minimum absolute atomic E-state index is 0.211. The van der Waals surface area contributed by atoms with E-state index in [4.69, 9.17) is 33.0 Å². The highest BCUT2D eigenvalue weighted by atomic mass is 35.5. The highest BCUT2D eigenvalue weighted by molar-refractivity contribution is 6.32. The van der Waals surface area contributed by atoms with Gasteiger partial charge in [-0.1, -0.05) is 61.3 Å². The van der Waals surface area contributed by atoms with Crippen LogP contribution in [0.15, 0.2) is 48.5 Å². The van der Waals surface area contributed by atoms with Crippen LogP contribution in [0.2, 0.25) is 10.0 Å². The molecule has 0 spiro atoms. The molecule has 0 fully saturated rings. The molecule has 8 heteroatoms. The summed E-state index contributed by atoms with van der Waals surface area (Å²) in [5.74, 6) is 1.02. The number of para-hydroxylation sites is 1. The van der Waals surface area contributed by atoms with Crippen molar-refractivity contribution in [1.82, 2.24) is 20.4 Å². The van der Waals surface area contributed by atoms with Gasteiger partial charge in [0.1, 0.15) is 11.4 Å². The van der Waals surface area contributed by atoms with E-state index in [1.54, 1.807) is 4.68 Å². The van der Waals surface area contributed by atoms with E-state index in [9.17, 15) is 4.79 Å². The first-order valence-electron chi connectivity index (χ1n) is 10.7. The molecule has 1 unspecified atom stereocenters. The van der Waals surface area contributed by atoms with Crippen molar-refractivity contribution in [2.45, 2.75) is 32.7 Å². The Balaban J connectivity index is 1.81. The topological polar surface area (TPSA) is 68.2 Å².